The zero-order chi connectivity index (χ0) is 18.1. The third kappa shape index (κ3) is 2.86. The van der Waals surface area contributed by atoms with Gasteiger partial charge in [0.1, 0.15) is 5.00 Å². The molecule has 0 N–H and O–H groups in total. The molecule has 0 aliphatic carbocycles. The van der Waals surface area contributed by atoms with Crippen LogP contribution in [0.1, 0.15) is 47.8 Å². The van der Waals surface area contributed by atoms with Crippen molar-refractivity contribution in [1.29, 1.82) is 0 Å². The number of thiophene rings is 1. The van der Waals surface area contributed by atoms with E-state index < -0.39 is 0 Å². The summed E-state index contributed by atoms with van der Waals surface area (Å²) in [6, 6.07) is 19.1. The Balaban J connectivity index is 1.84. The molecule has 3 heteroatoms. The van der Waals surface area contributed by atoms with Gasteiger partial charge in [0.25, 0.3) is 0 Å². The normalized spacial score (nSPS) is 11.5. The molecule has 0 amide bonds. The Morgan fingerprint density at radius 3 is 2.19 bits per heavy atom. The molecule has 2 nitrogen and oxygen atoms in total. The Morgan fingerprint density at radius 1 is 0.962 bits per heavy atom. The predicted octanol–water partition coefficient (Wildman–Crippen LogP) is 6.92. The average Bonchev–Trinajstić information content (AvgIpc) is 3.20. The summed E-state index contributed by atoms with van der Waals surface area (Å²) in [5, 5.41) is 3.67. The molecule has 0 atom stereocenters. The van der Waals surface area contributed by atoms with Gasteiger partial charge >= 0.3 is 0 Å². The second kappa shape index (κ2) is 7.08. The SMILES string of the molecule is CCCCCC(=O)c1cc(C)c(-n2c3ccccc3c3ccccc32)s1. The Morgan fingerprint density at radius 2 is 1.58 bits per heavy atom. The number of Topliss-reactive ketones (excluding diaryl/α,β-unsaturated/α-hetero) is 1. The van der Waals surface area contributed by atoms with E-state index >= 15 is 0 Å². The fourth-order valence-corrected chi connectivity index (χ4v) is 4.80. The van der Waals surface area contributed by atoms with E-state index in [1.54, 1.807) is 11.3 Å². The number of para-hydroxylation sites is 2. The number of rotatable bonds is 6. The minimum atomic E-state index is 0.276. The first-order valence-corrected chi connectivity index (χ1v) is 10.1. The van der Waals surface area contributed by atoms with Gasteiger partial charge < -0.3 is 4.57 Å². The molecule has 0 radical (unpaired) electrons. The zero-order valence-corrected chi connectivity index (χ0v) is 16.1. The van der Waals surface area contributed by atoms with E-state index in [9.17, 15) is 4.79 Å². The van der Waals surface area contributed by atoms with Crippen molar-refractivity contribution in [2.75, 3.05) is 0 Å². The maximum atomic E-state index is 12.6. The van der Waals surface area contributed by atoms with Crippen molar-refractivity contribution in [2.45, 2.75) is 39.5 Å². The molecule has 132 valence electrons. The van der Waals surface area contributed by atoms with Crippen LogP contribution in [0.25, 0.3) is 26.8 Å². The molecule has 2 aromatic heterocycles. The topological polar surface area (TPSA) is 22.0 Å². The van der Waals surface area contributed by atoms with Gasteiger partial charge in [0.05, 0.1) is 15.9 Å². The van der Waals surface area contributed by atoms with Crippen LogP contribution in [0.5, 0.6) is 0 Å². The highest BCUT2D eigenvalue weighted by molar-refractivity contribution is 7.16. The van der Waals surface area contributed by atoms with Gasteiger partial charge in [-0.15, -0.1) is 11.3 Å². The molecule has 4 aromatic rings. The van der Waals surface area contributed by atoms with Gasteiger partial charge in [0.2, 0.25) is 0 Å². The maximum Gasteiger partial charge on any atom is 0.172 e. The number of carbonyl (C=O) groups excluding carboxylic acids is 1. The van der Waals surface area contributed by atoms with Gasteiger partial charge in [0, 0.05) is 17.2 Å². The Bertz CT molecular complexity index is 1030. The van der Waals surface area contributed by atoms with Crippen molar-refractivity contribution in [3.05, 3.63) is 65.0 Å². The second-order valence-electron chi connectivity index (χ2n) is 6.85. The number of hydrogen-bond acceptors (Lipinski definition) is 2. The van der Waals surface area contributed by atoms with E-state index in [0.717, 1.165) is 29.1 Å². The number of carbonyl (C=O) groups is 1. The highest BCUT2D eigenvalue weighted by atomic mass is 32.1. The second-order valence-corrected chi connectivity index (χ2v) is 7.88. The minimum absolute atomic E-state index is 0.276. The van der Waals surface area contributed by atoms with Crippen LogP contribution in [0, 0.1) is 6.92 Å². The summed E-state index contributed by atoms with van der Waals surface area (Å²) >= 11 is 1.63. The van der Waals surface area contributed by atoms with Crippen LogP contribution in [0.2, 0.25) is 0 Å². The molecule has 0 aliphatic heterocycles. The zero-order valence-electron chi connectivity index (χ0n) is 15.3. The van der Waals surface area contributed by atoms with Crippen molar-refractivity contribution in [1.82, 2.24) is 4.57 Å². The summed E-state index contributed by atoms with van der Waals surface area (Å²) in [6.07, 6.45) is 3.90. The monoisotopic (exact) mass is 361 g/mol. The van der Waals surface area contributed by atoms with Crippen molar-refractivity contribution >= 4 is 38.9 Å². The van der Waals surface area contributed by atoms with Crippen LogP contribution in [-0.2, 0) is 0 Å². The number of benzene rings is 2. The lowest BCUT2D eigenvalue weighted by molar-refractivity contribution is 0.0983. The Labute approximate surface area is 158 Å². The maximum absolute atomic E-state index is 12.6. The molecule has 0 unspecified atom stereocenters. The lowest BCUT2D eigenvalue weighted by Gasteiger charge is -2.06. The quantitative estimate of drug-likeness (QED) is 0.270. The van der Waals surface area contributed by atoms with Crippen molar-refractivity contribution in [2.24, 2.45) is 0 Å². The fourth-order valence-electron chi connectivity index (χ4n) is 3.63. The summed E-state index contributed by atoms with van der Waals surface area (Å²) in [6.45, 7) is 4.28. The van der Waals surface area contributed by atoms with E-state index in [-0.39, 0.29) is 5.78 Å². The first-order valence-electron chi connectivity index (χ1n) is 9.33. The summed E-state index contributed by atoms with van der Waals surface area (Å²) < 4.78 is 2.31. The molecule has 2 aromatic carbocycles. The van der Waals surface area contributed by atoms with Crippen LogP contribution < -0.4 is 0 Å². The summed E-state index contributed by atoms with van der Waals surface area (Å²) in [7, 11) is 0. The number of aromatic nitrogens is 1. The predicted molar refractivity (Wildman–Crippen MR) is 112 cm³/mol. The summed E-state index contributed by atoms with van der Waals surface area (Å²) in [5.74, 6) is 0.276. The third-order valence-corrected chi connectivity index (χ3v) is 6.22. The molecular weight excluding hydrogens is 338 g/mol. The van der Waals surface area contributed by atoms with E-state index in [0.29, 0.717) is 6.42 Å². The molecular formula is C23H23NOS. The highest BCUT2D eigenvalue weighted by Crippen LogP contribution is 2.36. The van der Waals surface area contributed by atoms with Crippen LogP contribution in [0.15, 0.2) is 54.6 Å². The minimum Gasteiger partial charge on any atom is -0.300 e. The van der Waals surface area contributed by atoms with E-state index in [4.69, 9.17) is 0 Å². The van der Waals surface area contributed by atoms with Crippen LogP contribution in [0.4, 0.5) is 0 Å². The number of unbranched alkanes of at least 4 members (excludes halogenated alkanes) is 2. The Kier molecular flexibility index (Phi) is 4.64. The Hall–Kier alpha value is -2.39. The van der Waals surface area contributed by atoms with Gasteiger partial charge in [-0.1, -0.05) is 56.2 Å². The average molecular weight is 362 g/mol. The van der Waals surface area contributed by atoms with Crippen LogP contribution in [0.3, 0.4) is 0 Å². The fraction of sp³-hybridized carbons (Fsp3) is 0.261. The van der Waals surface area contributed by atoms with Gasteiger partial charge in [-0.3, -0.25) is 4.79 Å². The standard InChI is InChI=1S/C23H23NOS/c1-3-4-5-14-21(25)22-15-16(2)23(26-22)24-19-12-8-6-10-17(19)18-11-7-9-13-20(18)24/h6-13,15H,3-5,14H2,1-2H3. The lowest BCUT2D eigenvalue weighted by Crippen LogP contribution is -1.95. The lowest BCUT2D eigenvalue weighted by atomic mass is 10.1. The number of ketones is 1. The summed E-state index contributed by atoms with van der Waals surface area (Å²) in [4.78, 5) is 13.5. The summed E-state index contributed by atoms with van der Waals surface area (Å²) in [5.41, 5.74) is 3.56. The van der Waals surface area contributed by atoms with E-state index in [2.05, 4.69) is 73.0 Å². The van der Waals surface area contributed by atoms with Gasteiger partial charge in [-0.2, -0.15) is 0 Å². The first kappa shape index (κ1) is 17.0. The molecule has 0 fully saturated rings. The smallest absolute Gasteiger partial charge is 0.172 e. The van der Waals surface area contributed by atoms with Crippen molar-refractivity contribution in [3.8, 4) is 5.00 Å². The third-order valence-electron chi connectivity index (χ3n) is 4.96. The molecule has 0 saturated carbocycles. The number of hydrogen-bond donors (Lipinski definition) is 0. The van der Waals surface area contributed by atoms with Crippen molar-refractivity contribution in [3.63, 3.8) is 0 Å². The van der Waals surface area contributed by atoms with Crippen LogP contribution >= 0.6 is 11.3 Å². The molecule has 0 spiro atoms. The first-order chi connectivity index (χ1) is 12.7. The van der Waals surface area contributed by atoms with Gasteiger partial charge in [-0.25, -0.2) is 0 Å². The largest absolute Gasteiger partial charge is 0.300 e. The molecule has 26 heavy (non-hydrogen) atoms. The van der Waals surface area contributed by atoms with Crippen molar-refractivity contribution < 1.29 is 4.79 Å². The molecule has 2 heterocycles. The molecule has 0 aliphatic rings. The van der Waals surface area contributed by atoms with E-state index in [1.165, 1.54) is 27.4 Å². The molecule has 0 saturated heterocycles. The number of nitrogens with zero attached hydrogens (tertiary/aromatic N) is 1. The number of aryl methyl sites for hydroxylation is 1. The number of fused-ring (bicyclic) bond motifs is 3. The van der Waals surface area contributed by atoms with Crippen LogP contribution in [-0.4, -0.2) is 10.4 Å². The molecule has 4 rings (SSSR count). The van der Waals surface area contributed by atoms with E-state index in [1.807, 2.05) is 0 Å². The van der Waals surface area contributed by atoms with Gasteiger partial charge in [0.15, 0.2) is 5.78 Å². The molecule has 0 bridgehead atoms. The van der Waals surface area contributed by atoms with Gasteiger partial charge in [-0.05, 0) is 37.1 Å². The highest BCUT2D eigenvalue weighted by Gasteiger charge is 2.17.